The van der Waals surface area contributed by atoms with Crippen LogP contribution in [0.5, 0.6) is 0 Å². The van der Waals surface area contributed by atoms with E-state index in [1.807, 2.05) is 6.07 Å². The number of hydrogen-bond acceptors (Lipinski definition) is 8. The lowest BCUT2D eigenvalue weighted by Gasteiger charge is -2.14. The van der Waals surface area contributed by atoms with Crippen LogP contribution < -0.4 is 5.32 Å². The summed E-state index contributed by atoms with van der Waals surface area (Å²) in [6, 6.07) is 7.98. The first-order chi connectivity index (χ1) is 16.8. The zero-order chi connectivity index (χ0) is 24.7. The Hall–Kier alpha value is -4.64. The standard InChI is InChI=1S/C21H12F3N9OS/c1-11-14(7-12(8-25)19(30-11)33-27-5-6-28-33)31-20(34)13-9-29-32(18(13)21(22,23)24)15-3-2-4-16-17(15)26-10-35-16/h2-7,9-10H,1H3,(H,31,34). The molecule has 35 heavy (non-hydrogen) atoms. The summed E-state index contributed by atoms with van der Waals surface area (Å²) in [7, 11) is 0. The van der Waals surface area contributed by atoms with Crippen molar-refractivity contribution >= 4 is 33.1 Å². The van der Waals surface area contributed by atoms with Gasteiger partial charge in [-0.2, -0.15) is 33.7 Å². The molecular formula is C21H12F3N9OS. The summed E-state index contributed by atoms with van der Waals surface area (Å²) >= 11 is 1.27. The van der Waals surface area contributed by atoms with Crippen molar-refractivity contribution in [3.63, 3.8) is 0 Å². The molecule has 10 nitrogen and oxygen atoms in total. The number of aromatic nitrogens is 7. The van der Waals surface area contributed by atoms with Gasteiger partial charge < -0.3 is 5.32 Å². The molecule has 0 radical (unpaired) electrons. The molecule has 0 saturated heterocycles. The third-order valence-corrected chi connectivity index (χ3v) is 5.81. The van der Waals surface area contributed by atoms with E-state index in [-0.39, 0.29) is 28.5 Å². The highest BCUT2D eigenvalue weighted by Gasteiger charge is 2.41. The number of thiazole rings is 1. The Morgan fingerprint density at radius 3 is 2.69 bits per heavy atom. The molecule has 0 aliphatic rings. The number of rotatable bonds is 4. The molecule has 1 amide bonds. The molecule has 4 aromatic heterocycles. The van der Waals surface area contributed by atoms with Crippen LogP contribution in [0.4, 0.5) is 18.9 Å². The molecule has 0 aliphatic carbocycles. The topological polar surface area (TPSA) is 127 Å². The van der Waals surface area contributed by atoms with Crippen LogP contribution in [0.1, 0.15) is 27.3 Å². The van der Waals surface area contributed by atoms with Gasteiger partial charge in [-0.3, -0.25) is 4.79 Å². The van der Waals surface area contributed by atoms with Gasteiger partial charge in [0.2, 0.25) is 0 Å². The van der Waals surface area contributed by atoms with Crippen LogP contribution >= 0.6 is 11.3 Å². The van der Waals surface area contributed by atoms with E-state index in [0.717, 1.165) is 11.0 Å². The van der Waals surface area contributed by atoms with Gasteiger partial charge in [0.1, 0.15) is 17.1 Å². The third-order valence-electron chi connectivity index (χ3n) is 5.02. The number of amides is 1. The quantitative estimate of drug-likeness (QED) is 0.400. The van der Waals surface area contributed by atoms with Gasteiger partial charge in [-0.1, -0.05) is 6.07 Å². The molecule has 14 heteroatoms. The van der Waals surface area contributed by atoms with Crippen LogP contribution in [0.2, 0.25) is 0 Å². The number of hydrogen-bond donors (Lipinski definition) is 1. The maximum atomic E-state index is 14.1. The van der Waals surface area contributed by atoms with Gasteiger partial charge in [-0.15, -0.1) is 16.1 Å². The number of benzene rings is 1. The number of nitriles is 1. The van der Waals surface area contributed by atoms with Crippen LogP contribution in [-0.4, -0.2) is 40.6 Å². The van der Waals surface area contributed by atoms with Crippen molar-refractivity contribution in [3.8, 4) is 17.6 Å². The first kappa shape index (κ1) is 22.2. The number of halogens is 3. The van der Waals surface area contributed by atoms with Gasteiger partial charge in [0.05, 0.1) is 51.4 Å². The largest absolute Gasteiger partial charge is 0.434 e. The van der Waals surface area contributed by atoms with E-state index in [1.165, 1.54) is 48.3 Å². The van der Waals surface area contributed by atoms with E-state index in [9.17, 15) is 23.2 Å². The normalized spacial score (nSPS) is 11.5. The average molecular weight is 495 g/mol. The van der Waals surface area contributed by atoms with Crippen LogP contribution in [0.3, 0.4) is 0 Å². The second-order valence-electron chi connectivity index (χ2n) is 7.17. The molecule has 0 aliphatic heterocycles. The molecule has 0 spiro atoms. The highest BCUT2D eigenvalue weighted by molar-refractivity contribution is 7.16. The lowest BCUT2D eigenvalue weighted by atomic mass is 10.1. The molecule has 0 saturated carbocycles. The highest BCUT2D eigenvalue weighted by Crippen LogP contribution is 2.36. The fourth-order valence-corrected chi connectivity index (χ4v) is 4.18. The van der Waals surface area contributed by atoms with Crippen LogP contribution in [0.15, 0.2) is 48.4 Å². The molecule has 174 valence electrons. The minimum absolute atomic E-state index is 0.0176. The molecule has 0 unspecified atom stereocenters. The Kier molecular flexibility index (Phi) is 5.25. The summed E-state index contributed by atoms with van der Waals surface area (Å²) in [6.45, 7) is 1.53. The Balaban J connectivity index is 1.56. The zero-order valence-electron chi connectivity index (χ0n) is 17.6. The predicted molar refractivity (Wildman–Crippen MR) is 118 cm³/mol. The minimum Gasteiger partial charge on any atom is -0.320 e. The number of pyridine rings is 1. The lowest BCUT2D eigenvalue weighted by molar-refractivity contribution is -0.143. The molecule has 1 N–H and O–H groups in total. The van der Waals surface area contributed by atoms with E-state index in [2.05, 4.69) is 30.6 Å². The number of para-hydroxylation sites is 1. The summed E-state index contributed by atoms with van der Waals surface area (Å²) in [5.74, 6) is -0.944. The Morgan fingerprint density at radius 1 is 1.20 bits per heavy atom. The molecule has 5 aromatic rings. The van der Waals surface area contributed by atoms with E-state index >= 15 is 0 Å². The van der Waals surface area contributed by atoms with E-state index in [0.29, 0.717) is 14.9 Å². The zero-order valence-corrected chi connectivity index (χ0v) is 18.5. The number of aryl methyl sites for hydroxylation is 1. The number of nitrogens with zero attached hydrogens (tertiary/aromatic N) is 8. The number of nitrogens with one attached hydrogen (secondary N) is 1. The molecular weight excluding hydrogens is 483 g/mol. The third kappa shape index (κ3) is 3.87. The number of carbonyl (C=O) groups is 1. The summed E-state index contributed by atoms with van der Waals surface area (Å²) in [6.07, 6.45) is -1.26. The monoisotopic (exact) mass is 495 g/mol. The number of alkyl halides is 3. The lowest BCUT2D eigenvalue weighted by Crippen LogP contribution is -2.21. The van der Waals surface area contributed by atoms with Crippen molar-refractivity contribution < 1.29 is 18.0 Å². The van der Waals surface area contributed by atoms with Crippen molar-refractivity contribution in [3.05, 3.63) is 70.9 Å². The van der Waals surface area contributed by atoms with E-state index in [1.54, 1.807) is 12.1 Å². The smallest absolute Gasteiger partial charge is 0.320 e. The molecule has 5 rings (SSSR count). The fraction of sp³-hybridized carbons (Fsp3) is 0.0952. The van der Waals surface area contributed by atoms with Gasteiger partial charge in [-0.25, -0.2) is 14.6 Å². The van der Waals surface area contributed by atoms with Crippen molar-refractivity contribution in [1.82, 2.24) is 34.7 Å². The second kappa shape index (κ2) is 8.29. The van der Waals surface area contributed by atoms with Crippen molar-refractivity contribution in [1.29, 1.82) is 5.26 Å². The molecule has 1 aromatic carbocycles. The van der Waals surface area contributed by atoms with Crippen LogP contribution in [-0.2, 0) is 6.18 Å². The maximum Gasteiger partial charge on any atom is 0.434 e. The van der Waals surface area contributed by atoms with Crippen LogP contribution in [0.25, 0.3) is 21.7 Å². The average Bonchev–Trinajstić information content (AvgIpc) is 3.59. The van der Waals surface area contributed by atoms with Gasteiger partial charge in [0.25, 0.3) is 5.91 Å². The van der Waals surface area contributed by atoms with Crippen LogP contribution in [0, 0.1) is 18.3 Å². The number of fused-ring (bicyclic) bond motifs is 1. The summed E-state index contributed by atoms with van der Waals surface area (Å²) in [5.41, 5.74) is 0.324. The Morgan fingerprint density at radius 2 is 1.97 bits per heavy atom. The Bertz CT molecular complexity index is 1610. The molecule has 0 atom stereocenters. The van der Waals surface area contributed by atoms with E-state index in [4.69, 9.17) is 0 Å². The van der Waals surface area contributed by atoms with Gasteiger partial charge in [0.15, 0.2) is 11.5 Å². The highest BCUT2D eigenvalue weighted by atomic mass is 32.1. The second-order valence-corrected chi connectivity index (χ2v) is 8.06. The number of carbonyl (C=O) groups excluding carboxylic acids is 1. The first-order valence-electron chi connectivity index (χ1n) is 9.85. The Labute approximate surface area is 198 Å². The van der Waals surface area contributed by atoms with Crippen molar-refractivity contribution in [2.45, 2.75) is 13.1 Å². The van der Waals surface area contributed by atoms with E-state index < -0.39 is 23.3 Å². The summed E-state index contributed by atoms with van der Waals surface area (Å²) < 4.78 is 43.7. The SMILES string of the molecule is Cc1nc(-n2nccn2)c(C#N)cc1NC(=O)c1cnn(-c2cccc3scnc23)c1C(F)(F)F. The molecule has 4 heterocycles. The van der Waals surface area contributed by atoms with Crippen molar-refractivity contribution in [2.24, 2.45) is 0 Å². The summed E-state index contributed by atoms with van der Waals surface area (Å²) in [5, 5.41) is 23.6. The van der Waals surface area contributed by atoms with Crippen molar-refractivity contribution in [2.75, 3.05) is 5.32 Å². The minimum atomic E-state index is -4.90. The first-order valence-corrected chi connectivity index (χ1v) is 10.7. The molecule has 0 fully saturated rings. The van der Waals surface area contributed by atoms with Gasteiger partial charge >= 0.3 is 6.18 Å². The van der Waals surface area contributed by atoms with Gasteiger partial charge in [0, 0.05) is 0 Å². The number of anilines is 1. The predicted octanol–water partition coefficient (Wildman–Crippen LogP) is 3.91. The maximum absolute atomic E-state index is 14.1. The summed E-state index contributed by atoms with van der Waals surface area (Å²) in [4.78, 5) is 22.5. The fourth-order valence-electron chi connectivity index (χ4n) is 3.48. The van der Waals surface area contributed by atoms with Gasteiger partial charge in [-0.05, 0) is 25.1 Å². The molecule has 0 bridgehead atoms.